The highest BCUT2D eigenvalue weighted by Gasteiger charge is 2.39. The van der Waals surface area contributed by atoms with E-state index in [1.165, 1.54) is 6.92 Å². The van der Waals surface area contributed by atoms with Crippen LogP contribution >= 0.6 is 0 Å². The molecule has 0 aliphatic carbocycles. The summed E-state index contributed by atoms with van der Waals surface area (Å²) in [5.41, 5.74) is -1.34. The molecular formula is C24H24F5N3O3. The number of rotatable bonds is 6. The molecular weight excluding hydrogens is 473 g/mol. The van der Waals surface area contributed by atoms with E-state index in [1.54, 1.807) is 11.0 Å². The monoisotopic (exact) mass is 497 g/mol. The highest BCUT2D eigenvalue weighted by Crippen LogP contribution is 2.33. The smallest absolute Gasteiger partial charge is 0.433 e. The number of carbonyl (C=O) groups is 1. The third-order valence-corrected chi connectivity index (χ3v) is 5.47. The summed E-state index contributed by atoms with van der Waals surface area (Å²) in [6.07, 6.45) is -2.36. The van der Waals surface area contributed by atoms with Crippen molar-refractivity contribution in [3.05, 3.63) is 77.6 Å². The molecule has 2 heterocycles. The summed E-state index contributed by atoms with van der Waals surface area (Å²) in [5, 5.41) is 0. The molecule has 3 rings (SSSR count). The van der Waals surface area contributed by atoms with Gasteiger partial charge in [-0.05, 0) is 43.7 Å². The molecule has 0 N–H and O–H groups in total. The van der Waals surface area contributed by atoms with E-state index in [0.717, 1.165) is 24.4 Å². The van der Waals surface area contributed by atoms with E-state index >= 15 is 0 Å². The lowest BCUT2D eigenvalue weighted by molar-refractivity contribution is -0.141. The summed E-state index contributed by atoms with van der Waals surface area (Å²) in [6.45, 7) is 9.43. The molecule has 1 aliphatic heterocycles. The maximum Gasteiger partial charge on any atom is 0.433 e. The first kappa shape index (κ1) is 26.0. The molecule has 11 heteroatoms. The Morgan fingerprint density at radius 2 is 1.86 bits per heavy atom. The number of nitrogens with zero attached hydrogens (tertiary/aromatic N) is 3. The zero-order chi connectivity index (χ0) is 26.1. The number of likely N-dealkylation sites (N-methyl/N-ethyl adjacent to an activating group) is 1. The molecule has 188 valence electrons. The van der Waals surface area contributed by atoms with Gasteiger partial charge in [0, 0.05) is 26.6 Å². The molecule has 0 spiro atoms. The van der Waals surface area contributed by atoms with Crippen LogP contribution in [0.3, 0.4) is 0 Å². The SMILES string of the molecule is C=C(/C=C1\N(C(C)=O)CC(C)(C)N1C)OCc1cc(F)c(Oc2ccc(C(F)(F)F)nc2)c(F)c1. The molecule has 0 unspecified atom stereocenters. The Balaban J connectivity index is 1.69. The fraction of sp³-hybridized carbons (Fsp3) is 0.333. The number of alkyl halides is 3. The molecule has 1 fully saturated rings. The van der Waals surface area contributed by atoms with Crippen LogP contribution in [0.4, 0.5) is 22.0 Å². The van der Waals surface area contributed by atoms with E-state index in [1.807, 2.05) is 25.8 Å². The van der Waals surface area contributed by atoms with Gasteiger partial charge in [-0.15, -0.1) is 0 Å². The predicted molar refractivity (Wildman–Crippen MR) is 117 cm³/mol. The van der Waals surface area contributed by atoms with Crippen molar-refractivity contribution in [2.45, 2.75) is 39.1 Å². The van der Waals surface area contributed by atoms with Crippen molar-refractivity contribution in [2.75, 3.05) is 13.6 Å². The largest absolute Gasteiger partial charge is 0.489 e. The molecule has 1 aliphatic rings. The van der Waals surface area contributed by atoms with Crippen LogP contribution in [0.15, 0.2) is 54.7 Å². The molecule has 6 nitrogen and oxygen atoms in total. The lowest BCUT2D eigenvalue weighted by atomic mass is 10.1. The summed E-state index contributed by atoms with van der Waals surface area (Å²) in [7, 11) is 1.83. The molecule has 0 radical (unpaired) electrons. The first-order valence-electron chi connectivity index (χ1n) is 10.4. The van der Waals surface area contributed by atoms with Gasteiger partial charge in [0.25, 0.3) is 0 Å². The molecule has 0 bridgehead atoms. The molecule has 1 amide bonds. The van der Waals surface area contributed by atoms with Crippen molar-refractivity contribution >= 4 is 5.91 Å². The maximum atomic E-state index is 14.5. The Morgan fingerprint density at radius 1 is 1.23 bits per heavy atom. The van der Waals surface area contributed by atoms with Crippen molar-refractivity contribution in [1.29, 1.82) is 0 Å². The number of amides is 1. The molecule has 0 saturated carbocycles. The van der Waals surface area contributed by atoms with Gasteiger partial charge in [0.1, 0.15) is 29.6 Å². The molecule has 1 aromatic carbocycles. The number of hydrogen-bond acceptors (Lipinski definition) is 5. The highest BCUT2D eigenvalue weighted by atomic mass is 19.4. The summed E-state index contributed by atoms with van der Waals surface area (Å²) in [4.78, 5) is 18.7. The van der Waals surface area contributed by atoms with Crippen molar-refractivity contribution < 1.29 is 36.2 Å². The second-order valence-corrected chi connectivity index (χ2v) is 8.60. The van der Waals surface area contributed by atoms with Gasteiger partial charge in [-0.1, -0.05) is 6.58 Å². The van der Waals surface area contributed by atoms with E-state index in [4.69, 9.17) is 9.47 Å². The zero-order valence-corrected chi connectivity index (χ0v) is 19.5. The van der Waals surface area contributed by atoms with Gasteiger partial charge in [-0.3, -0.25) is 9.69 Å². The highest BCUT2D eigenvalue weighted by molar-refractivity contribution is 5.76. The fourth-order valence-electron chi connectivity index (χ4n) is 3.39. The Hall–Kier alpha value is -3.63. The van der Waals surface area contributed by atoms with E-state index < -0.39 is 29.3 Å². The first-order chi connectivity index (χ1) is 16.2. The lowest BCUT2D eigenvalue weighted by Crippen LogP contribution is -2.36. The van der Waals surface area contributed by atoms with Crippen LogP contribution in [0.2, 0.25) is 0 Å². The van der Waals surface area contributed by atoms with Gasteiger partial charge >= 0.3 is 6.18 Å². The average molecular weight is 497 g/mol. The second kappa shape index (κ2) is 9.55. The van der Waals surface area contributed by atoms with Crippen LogP contribution in [0.25, 0.3) is 0 Å². The summed E-state index contributed by atoms with van der Waals surface area (Å²) < 4.78 is 77.4. The number of pyridine rings is 1. The standard InChI is InChI=1S/C24H24F5N3O3/c1-14(8-21-31(5)23(3,4)13-32(21)15(2)33)34-12-16-9-18(25)22(19(26)10-16)35-17-6-7-20(30-11-17)24(27,28)29/h6-11H,1,12-13H2,2-5H3/b21-8-. The van der Waals surface area contributed by atoms with E-state index in [2.05, 4.69) is 11.6 Å². The molecule has 1 aromatic heterocycles. The third kappa shape index (κ3) is 5.90. The minimum absolute atomic E-state index is 0.126. The molecule has 35 heavy (non-hydrogen) atoms. The van der Waals surface area contributed by atoms with Gasteiger partial charge < -0.3 is 14.4 Å². The lowest BCUT2D eigenvalue weighted by Gasteiger charge is -2.28. The quantitative estimate of drug-likeness (QED) is 0.383. The number of hydrogen-bond donors (Lipinski definition) is 0. The van der Waals surface area contributed by atoms with E-state index in [0.29, 0.717) is 18.4 Å². The first-order valence-corrected chi connectivity index (χ1v) is 10.4. The number of carbonyl (C=O) groups excluding carboxylic acids is 1. The maximum absolute atomic E-state index is 14.5. The second-order valence-electron chi connectivity index (χ2n) is 8.60. The minimum atomic E-state index is -4.65. The number of allylic oxidation sites excluding steroid dienone is 1. The van der Waals surface area contributed by atoms with Gasteiger partial charge in [-0.25, -0.2) is 13.8 Å². The average Bonchev–Trinajstić information content (AvgIpc) is 2.98. The van der Waals surface area contributed by atoms with Crippen LogP contribution in [-0.4, -0.2) is 39.8 Å². The minimum Gasteiger partial charge on any atom is -0.489 e. The summed E-state index contributed by atoms with van der Waals surface area (Å²) in [6, 6.07) is 3.50. The number of benzene rings is 1. The van der Waals surface area contributed by atoms with Crippen LogP contribution in [0.5, 0.6) is 11.5 Å². The molecule has 2 aromatic rings. The van der Waals surface area contributed by atoms with Crippen molar-refractivity contribution in [2.24, 2.45) is 0 Å². The Morgan fingerprint density at radius 3 is 2.37 bits per heavy atom. The van der Waals surface area contributed by atoms with Crippen molar-refractivity contribution in [1.82, 2.24) is 14.8 Å². The van der Waals surface area contributed by atoms with Crippen LogP contribution < -0.4 is 4.74 Å². The van der Waals surface area contributed by atoms with Gasteiger partial charge in [0.2, 0.25) is 5.91 Å². The van der Waals surface area contributed by atoms with Crippen LogP contribution in [0, 0.1) is 11.6 Å². The number of ether oxygens (including phenoxy) is 2. The zero-order valence-electron chi connectivity index (χ0n) is 19.5. The molecule has 0 atom stereocenters. The normalized spacial score (nSPS) is 16.5. The Kier molecular flexibility index (Phi) is 7.09. The number of aromatic nitrogens is 1. The summed E-state index contributed by atoms with van der Waals surface area (Å²) in [5.74, 6) is -2.60. The van der Waals surface area contributed by atoms with Crippen molar-refractivity contribution in [3.8, 4) is 11.5 Å². The van der Waals surface area contributed by atoms with Crippen LogP contribution in [-0.2, 0) is 22.3 Å². The van der Waals surface area contributed by atoms with Gasteiger partial charge in [0.15, 0.2) is 17.4 Å². The predicted octanol–water partition coefficient (Wildman–Crippen LogP) is 5.62. The van der Waals surface area contributed by atoms with Gasteiger partial charge in [-0.2, -0.15) is 13.2 Å². The fourth-order valence-corrected chi connectivity index (χ4v) is 3.39. The van der Waals surface area contributed by atoms with E-state index in [-0.39, 0.29) is 35.1 Å². The number of halogens is 5. The molecule has 1 saturated heterocycles. The van der Waals surface area contributed by atoms with Gasteiger partial charge in [0.05, 0.1) is 11.7 Å². The Bertz CT molecular complexity index is 1140. The van der Waals surface area contributed by atoms with Crippen LogP contribution in [0.1, 0.15) is 32.0 Å². The summed E-state index contributed by atoms with van der Waals surface area (Å²) >= 11 is 0. The van der Waals surface area contributed by atoms with E-state index in [9.17, 15) is 26.7 Å². The van der Waals surface area contributed by atoms with Crippen molar-refractivity contribution in [3.63, 3.8) is 0 Å². The Labute approximate surface area is 199 Å². The topological polar surface area (TPSA) is 54.9 Å². The third-order valence-electron chi connectivity index (χ3n) is 5.47.